The standard InChI is InChI=1S/C9H6Cl5NO3S/c1-19-8(17)18-6-4(10)3(2-16)15-7(5(6)11)9(12,13)14/h16H,2H2,1H3. The average molecular weight is 385 g/mol. The molecule has 0 aliphatic carbocycles. The van der Waals surface area contributed by atoms with Gasteiger partial charge in [-0.15, -0.1) is 0 Å². The van der Waals surface area contributed by atoms with Crippen LogP contribution >= 0.6 is 69.8 Å². The molecule has 0 fully saturated rings. The molecule has 0 atom stereocenters. The number of aliphatic hydroxyl groups is 1. The molecule has 0 aliphatic heterocycles. The van der Waals surface area contributed by atoms with Crippen LogP contribution < -0.4 is 4.74 Å². The molecule has 4 nitrogen and oxygen atoms in total. The lowest BCUT2D eigenvalue weighted by Gasteiger charge is -2.17. The molecular weight excluding hydrogens is 379 g/mol. The number of nitrogens with zero attached hydrogens (tertiary/aromatic N) is 1. The molecule has 0 bridgehead atoms. The van der Waals surface area contributed by atoms with Gasteiger partial charge in [-0.05, 0) is 18.0 Å². The Balaban J connectivity index is 3.47. The molecule has 1 heterocycles. The van der Waals surface area contributed by atoms with Crippen molar-refractivity contribution in [1.82, 2.24) is 4.98 Å². The molecule has 0 radical (unpaired) electrons. The van der Waals surface area contributed by atoms with Gasteiger partial charge < -0.3 is 9.84 Å². The number of carbonyl (C=O) groups is 1. The van der Waals surface area contributed by atoms with E-state index in [1.165, 1.54) is 6.26 Å². The molecule has 0 saturated carbocycles. The smallest absolute Gasteiger partial charge is 0.372 e. The first kappa shape index (κ1) is 17.4. The number of hydrogen-bond acceptors (Lipinski definition) is 5. The first-order chi connectivity index (χ1) is 8.72. The Labute approximate surface area is 138 Å². The van der Waals surface area contributed by atoms with E-state index in [0.29, 0.717) is 0 Å². The maximum Gasteiger partial charge on any atom is 0.372 e. The average Bonchev–Trinajstić information content (AvgIpc) is 2.32. The maximum atomic E-state index is 11.3. The predicted octanol–water partition coefficient (Wildman–Crippen LogP) is 4.57. The molecule has 1 rings (SSSR count). The molecule has 0 aliphatic rings. The van der Waals surface area contributed by atoms with Gasteiger partial charge in [0.15, 0.2) is 5.75 Å². The summed E-state index contributed by atoms with van der Waals surface area (Å²) in [5, 5.41) is 8.17. The van der Waals surface area contributed by atoms with E-state index in [1.54, 1.807) is 0 Å². The van der Waals surface area contributed by atoms with Gasteiger partial charge in [-0.3, -0.25) is 0 Å². The minimum absolute atomic E-state index is 0.0173. The summed E-state index contributed by atoms with van der Waals surface area (Å²) in [6, 6.07) is 0. The van der Waals surface area contributed by atoms with E-state index >= 15 is 0 Å². The SMILES string of the molecule is CSC(=O)Oc1c(Cl)c(CO)nc(C(Cl)(Cl)Cl)c1Cl. The number of ether oxygens (including phenoxy) is 1. The summed E-state index contributed by atoms with van der Waals surface area (Å²) in [6.07, 6.45) is 1.51. The number of hydrogen-bond donors (Lipinski definition) is 1. The van der Waals surface area contributed by atoms with Crippen LogP contribution in [0.4, 0.5) is 4.79 Å². The number of rotatable bonds is 2. The minimum atomic E-state index is -1.95. The van der Waals surface area contributed by atoms with E-state index in [4.69, 9.17) is 67.8 Å². The summed E-state index contributed by atoms with van der Waals surface area (Å²) < 4.78 is 2.98. The fraction of sp³-hybridized carbons (Fsp3) is 0.333. The van der Waals surface area contributed by atoms with Crippen molar-refractivity contribution in [1.29, 1.82) is 0 Å². The number of thioether (sulfide) groups is 1. The minimum Gasteiger partial charge on any atom is -0.415 e. The molecule has 1 aromatic rings. The Morgan fingerprint density at radius 1 is 1.37 bits per heavy atom. The number of alkyl halides is 3. The van der Waals surface area contributed by atoms with Crippen molar-refractivity contribution in [3.8, 4) is 5.75 Å². The summed E-state index contributed by atoms with van der Waals surface area (Å²) >= 11 is 29.8. The molecule has 106 valence electrons. The van der Waals surface area contributed by atoms with E-state index in [0.717, 1.165) is 11.8 Å². The number of aliphatic hydroxyl groups excluding tert-OH is 1. The van der Waals surface area contributed by atoms with Crippen molar-refractivity contribution in [2.24, 2.45) is 0 Å². The normalized spacial score (nSPS) is 11.5. The van der Waals surface area contributed by atoms with Gasteiger partial charge in [0.2, 0.25) is 3.79 Å². The van der Waals surface area contributed by atoms with E-state index in [2.05, 4.69) is 4.98 Å². The van der Waals surface area contributed by atoms with Crippen LogP contribution in [0.25, 0.3) is 0 Å². The topological polar surface area (TPSA) is 59.4 Å². The number of pyridine rings is 1. The molecule has 1 aromatic heterocycles. The lowest BCUT2D eigenvalue weighted by molar-refractivity contribution is 0.226. The van der Waals surface area contributed by atoms with Gasteiger partial charge in [0.1, 0.15) is 15.7 Å². The van der Waals surface area contributed by atoms with Crippen LogP contribution in [0.15, 0.2) is 0 Å². The van der Waals surface area contributed by atoms with Crippen LogP contribution in [0.1, 0.15) is 11.4 Å². The first-order valence-electron chi connectivity index (χ1n) is 4.54. The second kappa shape index (κ2) is 6.89. The summed E-state index contributed by atoms with van der Waals surface area (Å²) in [6.45, 7) is -0.534. The summed E-state index contributed by atoms with van der Waals surface area (Å²) in [7, 11) is 0. The van der Waals surface area contributed by atoms with Gasteiger partial charge in [-0.25, -0.2) is 9.78 Å². The maximum absolute atomic E-state index is 11.3. The van der Waals surface area contributed by atoms with Crippen LogP contribution in [0.3, 0.4) is 0 Å². The monoisotopic (exact) mass is 383 g/mol. The summed E-state index contributed by atoms with van der Waals surface area (Å²) in [5.41, 5.74) is -0.201. The second-order valence-corrected chi connectivity index (χ2v) is 6.85. The van der Waals surface area contributed by atoms with E-state index < -0.39 is 15.7 Å². The molecule has 19 heavy (non-hydrogen) atoms. The zero-order chi connectivity index (χ0) is 14.8. The van der Waals surface area contributed by atoms with Crippen LogP contribution in [0.2, 0.25) is 10.0 Å². The van der Waals surface area contributed by atoms with Gasteiger partial charge in [0.05, 0.1) is 12.3 Å². The van der Waals surface area contributed by atoms with Gasteiger partial charge >= 0.3 is 5.30 Å². The van der Waals surface area contributed by atoms with Crippen molar-refractivity contribution in [3.63, 3.8) is 0 Å². The highest BCUT2D eigenvalue weighted by Crippen LogP contribution is 2.46. The summed E-state index contributed by atoms with van der Waals surface area (Å²) in [5.74, 6) is -0.206. The molecule has 0 spiro atoms. The molecule has 0 unspecified atom stereocenters. The third-order valence-electron chi connectivity index (χ3n) is 1.88. The van der Waals surface area contributed by atoms with Crippen LogP contribution in [-0.2, 0) is 10.4 Å². The number of carbonyl (C=O) groups excluding carboxylic acids is 1. The number of halogens is 5. The Morgan fingerprint density at radius 2 is 1.95 bits per heavy atom. The molecule has 0 amide bonds. The van der Waals surface area contributed by atoms with Crippen molar-refractivity contribution in [2.45, 2.75) is 10.4 Å². The highest BCUT2D eigenvalue weighted by atomic mass is 35.6. The van der Waals surface area contributed by atoms with E-state index in [1.807, 2.05) is 0 Å². The largest absolute Gasteiger partial charge is 0.415 e. The Bertz CT molecular complexity index is 506. The van der Waals surface area contributed by atoms with Gasteiger partial charge in [-0.2, -0.15) is 0 Å². The lowest BCUT2D eigenvalue weighted by atomic mass is 10.3. The van der Waals surface area contributed by atoms with Crippen molar-refractivity contribution in [2.75, 3.05) is 6.26 Å². The first-order valence-corrected chi connectivity index (χ1v) is 7.65. The van der Waals surface area contributed by atoms with Gasteiger partial charge in [-0.1, -0.05) is 58.0 Å². The van der Waals surface area contributed by atoms with Crippen molar-refractivity contribution >= 4 is 75.1 Å². The molecule has 10 heteroatoms. The molecular formula is C9H6Cl5NO3S. The summed E-state index contributed by atoms with van der Waals surface area (Å²) in [4.78, 5) is 15.1. The third kappa shape index (κ3) is 4.17. The third-order valence-corrected chi connectivity index (χ3v) is 3.57. The molecule has 0 saturated heterocycles. The highest BCUT2D eigenvalue weighted by Gasteiger charge is 2.32. The van der Waals surface area contributed by atoms with Crippen LogP contribution in [0.5, 0.6) is 5.75 Å². The van der Waals surface area contributed by atoms with E-state index in [9.17, 15) is 4.79 Å². The second-order valence-electron chi connectivity index (χ2n) is 3.08. The van der Waals surface area contributed by atoms with Crippen LogP contribution in [0, 0.1) is 0 Å². The zero-order valence-electron chi connectivity index (χ0n) is 9.22. The van der Waals surface area contributed by atoms with E-state index in [-0.39, 0.29) is 27.2 Å². The quantitative estimate of drug-likeness (QED) is 0.597. The van der Waals surface area contributed by atoms with Gasteiger partial charge in [0, 0.05) is 0 Å². The van der Waals surface area contributed by atoms with Crippen LogP contribution in [-0.4, -0.2) is 21.6 Å². The molecule has 0 aromatic carbocycles. The Hall–Kier alpha value is 0.380. The fourth-order valence-electron chi connectivity index (χ4n) is 1.08. The fourth-order valence-corrected chi connectivity index (χ4v) is 2.40. The number of aromatic nitrogens is 1. The zero-order valence-corrected chi connectivity index (χ0v) is 13.8. The Morgan fingerprint density at radius 3 is 2.37 bits per heavy atom. The Kier molecular flexibility index (Phi) is 6.32. The van der Waals surface area contributed by atoms with Crippen molar-refractivity contribution < 1.29 is 14.6 Å². The van der Waals surface area contributed by atoms with Gasteiger partial charge in [0.25, 0.3) is 0 Å². The predicted molar refractivity (Wildman–Crippen MR) is 79.0 cm³/mol. The highest BCUT2D eigenvalue weighted by molar-refractivity contribution is 8.12. The van der Waals surface area contributed by atoms with Crippen molar-refractivity contribution in [3.05, 3.63) is 21.4 Å². The molecule has 1 N–H and O–H groups in total. The lowest BCUT2D eigenvalue weighted by Crippen LogP contribution is -2.11.